The number of carbonyl (C=O) groups excluding carboxylic acids is 3. The van der Waals surface area contributed by atoms with E-state index >= 15 is 0 Å². The Morgan fingerprint density at radius 1 is 1.10 bits per heavy atom. The second-order valence-electron chi connectivity index (χ2n) is 7.54. The fourth-order valence-corrected chi connectivity index (χ4v) is 4.92. The van der Waals surface area contributed by atoms with Crippen molar-refractivity contribution in [3.05, 3.63) is 29.8 Å². The molecular weight excluding hydrogens is 396 g/mol. The van der Waals surface area contributed by atoms with Gasteiger partial charge in [-0.05, 0) is 50.5 Å². The molecule has 1 aromatic carbocycles. The van der Waals surface area contributed by atoms with Crippen LogP contribution < -0.4 is 10.7 Å². The van der Waals surface area contributed by atoms with Gasteiger partial charge >= 0.3 is 6.03 Å². The molecule has 3 rings (SSSR count). The lowest BCUT2D eigenvalue weighted by molar-refractivity contribution is -0.132. The first-order valence-corrected chi connectivity index (χ1v) is 11.2. The molecule has 0 saturated carbocycles. The van der Waals surface area contributed by atoms with Gasteiger partial charge in [-0.25, -0.2) is 13.2 Å². The largest absolute Gasteiger partial charge is 0.344 e. The summed E-state index contributed by atoms with van der Waals surface area (Å²) in [4.78, 5) is 36.9. The summed E-state index contributed by atoms with van der Waals surface area (Å²) in [6.45, 7) is 4.33. The smallest absolute Gasteiger partial charge is 0.322 e. The molecule has 2 saturated heterocycles. The fourth-order valence-electron chi connectivity index (χ4n) is 3.40. The molecule has 1 atom stereocenters. The van der Waals surface area contributed by atoms with Crippen LogP contribution in [-0.4, -0.2) is 54.2 Å². The highest BCUT2D eigenvalue weighted by Crippen LogP contribution is 2.22. The number of urea groups is 1. The maximum atomic E-state index is 12.8. The van der Waals surface area contributed by atoms with Gasteiger partial charge in [0.25, 0.3) is 11.8 Å². The van der Waals surface area contributed by atoms with Crippen LogP contribution in [0, 0.1) is 0 Å². The van der Waals surface area contributed by atoms with Gasteiger partial charge in [0.1, 0.15) is 5.54 Å². The van der Waals surface area contributed by atoms with Gasteiger partial charge in [-0.1, -0.05) is 19.8 Å². The predicted octanol–water partition coefficient (Wildman–Crippen LogP) is 1.62. The van der Waals surface area contributed by atoms with Crippen LogP contribution in [0.3, 0.4) is 0 Å². The minimum absolute atomic E-state index is 0.115. The van der Waals surface area contributed by atoms with Crippen LogP contribution in [0.25, 0.3) is 0 Å². The number of hydrazine groups is 1. The van der Waals surface area contributed by atoms with Gasteiger partial charge in [0.15, 0.2) is 0 Å². The van der Waals surface area contributed by atoms with E-state index in [1.54, 1.807) is 13.8 Å². The van der Waals surface area contributed by atoms with Crippen molar-refractivity contribution in [2.24, 2.45) is 0 Å². The van der Waals surface area contributed by atoms with Gasteiger partial charge in [-0.2, -0.15) is 9.31 Å². The Balaban J connectivity index is 1.72. The SMILES string of the molecule is CCC1(C)NC(=O)N(NC(=O)c2ccc(S(=O)(=O)N3CCCCCC3)cc2)C1=O. The van der Waals surface area contributed by atoms with Crippen molar-refractivity contribution in [2.75, 3.05) is 13.1 Å². The lowest BCUT2D eigenvalue weighted by Crippen LogP contribution is -2.48. The van der Waals surface area contributed by atoms with E-state index in [1.165, 1.54) is 28.6 Å². The number of nitrogens with zero attached hydrogens (tertiary/aromatic N) is 2. The van der Waals surface area contributed by atoms with Gasteiger partial charge in [-0.15, -0.1) is 0 Å². The fraction of sp³-hybridized carbons (Fsp3) is 0.526. The van der Waals surface area contributed by atoms with E-state index in [4.69, 9.17) is 0 Å². The molecule has 9 nitrogen and oxygen atoms in total. The van der Waals surface area contributed by atoms with Gasteiger partial charge in [0.05, 0.1) is 4.90 Å². The van der Waals surface area contributed by atoms with Gasteiger partial charge in [0, 0.05) is 18.7 Å². The van der Waals surface area contributed by atoms with Crippen LogP contribution in [0.4, 0.5) is 4.79 Å². The number of sulfonamides is 1. The summed E-state index contributed by atoms with van der Waals surface area (Å²) in [7, 11) is -3.61. The number of carbonyl (C=O) groups is 3. The number of benzene rings is 1. The van der Waals surface area contributed by atoms with E-state index < -0.39 is 33.4 Å². The Morgan fingerprint density at radius 2 is 1.69 bits per heavy atom. The van der Waals surface area contributed by atoms with Gasteiger partial charge < -0.3 is 5.32 Å². The van der Waals surface area contributed by atoms with Crippen molar-refractivity contribution in [3.8, 4) is 0 Å². The molecule has 0 spiro atoms. The Labute approximate surface area is 170 Å². The minimum atomic E-state index is -3.61. The third kappa shape index (κ3) is 4.13. The maximum Gasteiger partial charge on any atom is 0.344 e. The lowest BCUT2D eigenvalue weighted by atomic mass is 10.00. The second kappa shape index (κ2) is 8.11. The Hall–Kier alpha value is -2.46. The number of imide groups is 1. The summed E-state index contributed by atoms with van der Waals surface area (Å²) in [5, 5.41) is 3.21. The van der Waals surface area contributed by atoms with Crippen molar-refractivity contribution < 1.29 is 22.8 Å². The Morgan fingerprint density at radius 3 is 2.21 bits per heavy atom. The van der Waals surface area contributed by atoms with E-state index in [0.29, 0.717) is 24.5 Å². The van der Waals surface area contributed by atoms with Crippen LogP contribution in [0.15, 0.2) is 29.2 Å². The average Bonchev–Trinajstić information content (AvgIpc) is 2.92. The van der Waals surface area contributed by atoms with Crippen LogP contribution in [-0.2, 0) is 14.8 Å². The number of amides is 4. The number of nitrogens with one attached hydrogen (secondary N) is 2. The summed E-state index contributed by atoms with van der Waals surface area (Å²) in [6, 6.07) is 4.79. The molecular formula is C19H26N4O5S. The molecule has 2 aliphatic rings. The summed E-state index contributed by atoms with van der Waals surface area (Å²) < 4.78 is 27.1. The third-order valence-electron chi connectivity index (χ3n) is 5.50. The highest BCUT2D eigenvalue weighted by molar-refractivity contribution is 7.89. The topological polar surface area (TPSA) is 116 Å². The molecule has 1 aromatic rings. The first-order valence-electron chi connectivity index (χ1n) is 9.77. The molecule has 0 aromatic heterocycles. The summed E-state index contributed by atoms with van der Waals surface area (Å²) >= 11 is 0. The van der Waals surface area contributed by atoms with Crippen LogP contribution >= 0.6 is 0 Å². The van der Waals surface area contributed by atoms with E-state index in [-0.39, 0.29) is 10.5 Å². The van der Waals surface area contributed by atoms with E-state index in [1.807, 2.05) is 0 Å². The monoisotopic (exact) mass is 422 g/mol. The number of hydrogen-bond acceptors (Lipinski definition) is 5. The molecule has 0 bridgehead atoms. The molecule has 4 amide bonds. The molecule has 2 aliphatic heterocycles. The third-order valence-corrected chi connectivity index (χ3v) is 7.41. The zero-order chi connectivity index (χ0) is 21.2. The molecule has 2 N–H and O–H groups in total. The van der Waals surface area contributed by atoms with Crippen molar-refractivity contribution in [1.82, 2.24) is 20.1 Å². The van der Waals surface area contributed by atoms with Crippen molar-refractivity contribution in [3.63, 3.8) is 0 Å². The quantitative estimate of drug-likeness (QED) is 0.700. The van der Waals surface area contributed by atoms with E-state index in [0.717, 1.165) is 25.7 Å². The molecule has 0 radical (unpaired) electrons. The Bertz CT molecular complexity index is 907. The summed E-state index contributed by atoms with van der Waals surface area (Å²) in [6.07, 6.45) is 4.09. The minimum Gasteiger partial charge on any atom is -0.322 e. The summed E-state index contributed by atoms with van der Waals surface area (Å²) in [5.41, 5.74) is 1.37. The van der Waals surface area contributed by atoms with E-state index in [9.17, 15) is 22.8 Å². The molecule has 0 aliphatic carbocycles. The van der Waals surface area contributed by atoms with Crippen LogP contribution in [0.5, 0.6) is 0 Å². The van der Waals surface area contributed by atoms with E-state index in [2.05, 4.69) is 10.7 Å². The average molecular weight is 423 g/mol. The molecule has 29 heavy (non-hydrogen) atoms. The summed E-state index contributed by atoms with van der Waals surface area (Å²) in [5.74, 6) is -1.22. The van der Waals surface area contributed by atoms with Gasteiger partial charge in [-0.3, -0.25) is 15.0 Å². The molecule has 2 heterocycles. The van der Waals surface area contributed by atoms with Crippen molar-refractivity contribution >= 4 is 27.9 Å². The predicted molar refractivity (Wildman–Crippen MR) is 105 cm³/mol. The standard InChI is InChI=1S/C19H26N4O5S/c1-3-19(2)17(25)23(18(26)20-19)21-16(24)14-8-10-15(11-9-14)29(27,28)22-12-6-4-5-7-13-22/h8-11H,3-7,12-13H2,1-2H3,(H,20,26)(H,21,24). The molecule has 1 unspecified atom stereocenters. The molecule has 10 heteroatoms. The van der Waals surface area contributed by atoms with Crippen molar-refractivity contribution in [1.29, 1.82) is 0 Å². The second-order valence-corrected chi connectivity index (χ2v) is 9.48. The Kier molecular flexibility index (Phi) is 5.95. The zero-order valence-corrected chi connectivity index (χ0v) is 17.4. The maximum absolute atomic E-state index is 12.8. The zero-order valence-electron chi connectivity index (χ0n) is 16.6. The number of hydrogen-bond donors (Lipinski definition) is 2. The first-order chi connectivity index (χ1) is 13.7. The van der Waals surface area contributed by atoms with Crippen LogP contribution in [0.2, 0.25) is 0 Å². The van der Waals surface area contributed by atoms with Crippen molar-refractivity contribution in [2.45, 2.75) is 56.4 Å². The van der Waals surface area contributed by atoms with Crippen LogP contribution in [0.1, 0.15) is 56.3 Å². The van der Waals surface area contributed by atoms with Gasteiger partial charge in [0.2, 0.25) is 10.0 Å². The highest BCUT2D eigenvalue weighted by atomic mass is 32.2. The lowest BCUT2D eigenvalue weighted by Gasteiger charge is -2.20. The normalized spacial score (nSPS) is 23.6. The highest BCUT2D eigenvalue weighted by Gasteiger charge is 2.47. The number of rotatable bonds is 5. The molecule has 158 valence electrons. The first kappa shape index (κ1) is 21.3. The molecule has 2 fully saturated rings.